The van der Waals surface area contributed by atoms with Crippen LogP contribution in [0.3, 0.4) is 0 Å². The van der Waals surface area contributed by atoms with Crippen LogP contribution in [0, 0.1) is 13.8 Å². The van der Waals surface area contributed by atoms with Gasteiger partial charge in [-0.25, -0.2) is 9.97 Å². The minimum atomic E-state index is 0.717. The monoisotopic (exact) mass is 381 g/mol. The molecule has 0 saturated heterocycles. The van der Waals surface area contributed by atoms with Crippen LogP contribution in [-0.4, -0.2) is 9.97 Å². The summed E-state index contributed by atoms with van der Waals surface area (Å²) < 4.78 is 11.8. The Kier molecular flexibility index (Phi) is 4.13. The Labute approximate surface area is 168 Å². The zero-order valence-corrected chi connectivity index (χ0v) is 16.1. The Balaban J connectivity index is 1.56. The smallest absolute Gasteiger partial charge is 0.161 e. The summed E-state index contributed by atoms with van der Waals surface area (Å²) in [5.41, 5.74) is 4.85. The average Bonchev–Trinajstić information content (AvgIpc) is 3.23. The molecule has 0 radical (unpaired) electrons. The van der Waals surface area contributed by atoms with Gasteiger partial charge in [0.15, 0.2) is 5.58 Å². The number of nitrogens with zero attached hydrogens (tertiary/aromatic N) is 2. The van der Waals surface area contributed by atoms with Crippen molar-refractivity contribution in [3.63, 3.8) is 0 Å². The molecule has 29 heavy (non-hydrogen) atoms. The molecular formula is C24H19N3O2. The Morgan fingerprint density at radius 2 is 1.69 bits per heavy atom. The van der Waals surface area contributed by atoms with Crippen molar-refractivity contribution in [2.45, 2.75) is 13.8 Å². The first-order valence-electron chi connectivity index (χ1n) is 9.41. The minimum Gasteiger partial charge on any atom is -0.462 e. The second-order valence-electron chi connectivity index (χ2n) is 6.99. The van der Waals surface area contributed by atoms with Gasteiger partial charge in [0, 0.05) is 5.39 Å². The number of aryl methyl sites for hydroxylation is 2. The summed E-state index contributed by atoms with van der Waals surface area (Å²) in [6, 6.07) is 19.7. The lowest BCUT2D eigenvalue weighted by atomic mass is 10.1. The van der Waals surface area contributed by atoms with Crippen molar-refractivity contribution in [1.29, 1.82) is 0 Å². The molecule has 0 spiro atoms. The summed E-state index contributed by atoms with van der Waals surface area (Å²) in [6.07, 6.45) is 3.24. The van der Waals surface area contributed by atoms with Crippen LogP contribution in [0.2, 0.25) is 0 Å². The molecule has 0 amide bonds. The van der Waals surface area contributed by atoms with E-state index < -0.39 is 0 Å². The first-order chi connectivity index (χ1) is 14.2. The van der Waals surface area contributed by atoms with Crippen molar-refractivity contribution in [3.05, 3.63) is 84.4 Å². The van der Waals surface area contributed by atoms with Crippen LogP contribution in [0.25, 0.3) is 21.9 Å². The Morgan fingerprint density at radius 3 is 2.55 bits per heavy atom. The number of furan rings is 1. The van der Waals surface area contributed by atoms with E-state index in [1.807, 2.05) is 48.5 Å². The molecule has 0 saturated carbocycles. The van der Waals surface area contributed by atoms with Crippen LogP contribution in [-0.2, 0) is 0 Å². The fourth-order valence-electron chi connectivity index (χ4n) is 3.38. The number of hydrogen-bond acceptors (Lipinski definition) is 5. The van der Waals surface area contributed by atoms with Gasteiger partial charge in [0.1, 0.15) is 23.6 Å². The van der Waals surface area contributed by atoms with Crippen molar-refractivity contribution < 1.29 is 9.15 Å². The van der Waals surface area contributed by atoms with E-state index in [1.165, 1.54) is 11.1 Å². The van der Waals surface area contributed by atoms with Gasteiger partial charge in [0.25, 0.3) is 0 Å². The van der Waals surface area contributed by atoms with Crippen molar-refractivity contribution in [1.82, 2.24) is 9.97 Å². The standard InChI is InChI=1S/C24H19N3O2/c1-15-12-19-21(13-16(15)2)25-14-26-24(19)27-20-8-9-22(18-10-11-28-23(18)20)29-17-6-4-3-5-7-17/h3-14H,1-2H3,(H,25,26,27). The number of rotatable bonds is 4. The molecular weight excluding hydrogens is 362 g/mol. The lowest BCUT2D eigenvalue weighted by Gasteiger charge is -2.12. The number of nitrogens with one attached hydrogen (secondary N) is 1. The predicted octanol–water partition coefficient (Wildman–Crippen LogP) is 6.53. The highest BCUT2D eigenvalue weighted by Gasteiger charge is 2.13. The van der Waals surface area contributed by atoms with Crippen molar-refractivity contribution in [2.75, 3.05) is 5.32 Å². The van der Waals surface area contributed by atoms with E-state index in [0.717, 1.165) is 39.3 Å². The highest BCUT2D eigenvalue weighted by Crippen LogP contribution is 2.37. The summed E-state index contributed by atoms with van der Waals surface area (Å²) >= 11 is 0. The maximum atomic E-state index is 6.04. The lowest BCUT2D eigenvalue weighted by molar-refractivity contribution is 0.488. The van der Waals surface area contributed by atoms with E-state index in [4.69, 9.17) is 9.15 Å². The number of aromatic nitrogens is 2. The third-order valence-electron chi connectivity index (χ3n) is 5.05. The van der Waals surface area contributed by atoms with Crippen LogP contribution in [0.4, 0.5) is 11.5 Å². The van der Waals surface area contributed by atoms with E-state index in [2.05, 4.69) is 41.3 Å². The molecule has 2 heterocycles. The maximum absolute atomic E-state index is 6.04. The third kappa shape index (κ3) is 3.17. The molecule has 0 aliphatic rings. The third-order valence-corrected chi connectivity index (χ3v) is 5.05. The van der Waals surface area contributed by atoms with E-state index in [0.29, 0.717) is 5.58 Å². The van der Waals surface area contributed by atoms with Gasteiger partial charge in [0.05, 0.1) is 22.9 Å². The Hall–Kier alpha value is -3.86. The number of fused-ring (bicyclic) bond motifs is 2. The molecule has 5 rings (SSSR count). The normalized spacial score (nSPS) is 11.1. The second kappa shape index (κ2) is 6.95. The highest BCUT2D eigenvalue weighted by atomic mass is 16.5. The largest absolute Gasteiger partial charge is 0.462 e. The molecule has 0 atom stereocenters. The van der Waals surface area contributed by atoms with E-state index >= 15 is 0 Å². The molecule has 142 valence electrons. The fraction of sp³-hybridized carbons (Fsp3) is 0.0833. The van der Waals surface area contributed by atoms with Gasteiger partial charge >= 0.3 is 0 Å². The molecule has 5 nitrogen and oxygen atoms in total. The zero-order chi connectivity index (χ0) is 19.8. The predicted molar refractivity (Wildman–Crippen MR) is 115 cm³/mol. The molecule has 0 unspecified atom stereocenters. The van der Waals surface area contributed by atoms with E-state index in [1.54, 1.807) is 12.6 Å². The van der Waals surface area contributed by atoms with E-state index in [-0.39, 0.29) is 0 Å². The van der Waals surface area contributed by atoms with Crippen LogP contribution < -0.4 is 10.1 Å². The van der Waals surface area contributed by atoms with Crippen LogP contribution in [0.5, 0.6) is 11.5 Å². The van der Waals surface area contributed by atoms with Gasteiger partial charge in [-0.3, -0.25) is 0 Å². The van der Waals surface area contributed by atoms with Crippen molar-refractivity contribution >= 4 is 33.4 Å². The summed E-state index contributed by atoms with van der Waals surface area (Å²) in [5.74, 6) is 2.26. The molecule has 0 fully saturated rings. The summed E-state index contributed by atoms with van der Waals surface area (Å²) in [7, 11) is 0. The number of ether oxygens (including phenoxy) is 1. The molecule has 1 N–H and O–H groups in total. The van der Waals surface area contributed by atoms with Crippen LogP contribution in [0.15, 0.2) is 77.7 Å². The SMILES string of the molecule is Cc1cc2ncnc(Nc3ccc(Oc4ccccc4)c4ccoc34)c2cc1C. The van der Waals surface area contributed by atoms with Crippen molar-refractivity contribution in [2.24, 2.45) is 0 Å². The lowest BCUT2D eigenvalue weighted by Crippen LogP contribution is -1.98. The summed E-state index contributed by atoms with van der Waals surface area (Å²) in [4.78, 5) is 8.86. The second-order valence-corrected chi connectivity index (χ2v) is 6.99. The average molecular weight is 381 g/mol. The van der Waals surface area contributed by atoms with Gasteiger partial charge in [-0.2, -0.15) is 0 Å². The van der Waals surface area contributed by atoms with Crippen LogP contribution >= 0.6 is 0 Å². The molecule has 2 aromatic heterocycles. The van der Waals surface area contributed by atoms with Gasteiger partial charge in [-0.05, 0) is 67.4 Å². The fourth-order valence-corrected chi connectivity index (χ4v) is 3.38. The number of anilines is 2. The van der Waals surface area contributed by atoms with Gasteiger partial charge < -0.3 is 14.5 Å². The maximum Gasteiger partial charge on any atom is 0.161 e. The first kappa shape index (κ1) is 17.3. The number of para-hydroxylation sites is 1. The molecule has 0 bridgehead atoms. The van der Waals surface area contributed by atoms with Crippen molar-refractivity contribution in [3.8, 4) is 11.5 Å². The highest BCUT2D eigenvalue weighted by molar-refractivity contribution is 5.98. The number of benzene rings is 3. The van der Waals surface area contributed by atoms with Gasteiger partial charge in [-0.15, -0.1) is 0 Å². The topological polar surface area (TPSA) is 60.2 Å². The molecule has 5 aromatic rings. The Bertz CT molecular complexity index is 1330. The first-order valence-corrected chi connectivity index (χ1v) is 9.41. The molecule has 0 aliphatic heterocycles. The summed E-state index contributed by atoms with van der Waals surface area (Å²) in [5, 5.41) is 5.28. The summed E-state index contributed by atoms with van der Waals surface area (Å²) in [6.45, 7) is 4.17. The minimum absolute atomic E-state index is 0.717. The molecule has 0 aliphatic carbocycles. The van der Waals surface area contributed by atoms with Gasteiger partial charge in [-0.1, -0.05) is 18.2 Å². The molecule has 5 heteroatoms. The zero-order valence-electron chi connectivity index (χ0n) is 16.1. The quantitative estimate of drug-likeness (QED) is 0.383. The molecule has 3 aromatic carbocycles. The van der Waals surface area contributed by atoms with E-state index in [9.17, 15) is 0 Å². The Morgan fingerprint density at radius 1 is 0.862 bits per heavy atom. The van der Waals surface area contributed by atoms with Gasteiger partial charge in [0.2, 0.25) is 0 Å². The number of hydrogen-bond donors (Lipinski definition) is 1. The van der Waals surface area contributed by atoms with Crippen LogP contribution in [0.1, 0.15) is 11.1 Å².